The highest BCUT2D eigenvalue weighted by molar-refractivity contribution is 6.15. The number of benzene rings is 6. The van der Waals surface area contributed by atoms with Gasteiger partial charge in [-0.1, -0.05) is 128 Å². The van der Waals surface area contributed by atoms with Crippen molar-refractivity contribution in [2.45, 2.75) is 13.3 Å². The molecule has 8 aromatic rings. The second-order valence-corrected chi connectivity index (χ2v) is 12.5. The molecule has 0 bridgehead atoms. The van der Waals surface area contributed by atoms with E-state index in [1.807, 2.05) is 24.3 Å². The molecule has 6 aromatic carbocycles. The first-order chi connectivity index (χ1) is 23.7. The van der Waals surface area contributed by atoms with Crippen molar-refractivity contribution in [1.29, 1.82) is 0 Å². The number of allylic oxidation sites excluding steroid dienone is 4. The molecule has 1 aliphatic carbocycles. The van der Waals surface area contributed by atoms with Gasteiger partial charge in [-0.25, -0.2) is 15.0 Å². The molecule has 228 valence electrons. The lowest BCUT2D eigenvalue weighted by Crippen LogP contribution is -2.08. The number of hydrogen-bond donors (Lipinski definition) is 0. The van der Waals surface area contributed by atoms with Crippen molar-refractivity contribution in [3.05, 3.63) is 158 Å². The highest BCUT2D eigenvalue weighted by Gasteiger charge is 2.21. The predicted octanol–water partition coefficient (Wildman–Crippen LogP) is 11.6. The second-order valence-electron chi connectivity index (χ2n) is 12.5. The molecule has 0 N–H and O–H groups in total. The second kappa shape index (κ2) is 11.6. The van der Waals surface area contributed by atoms with Crippen LogP contribution in [0, 0.1) is 5.92 Å². The summed E-state index contributed by atoms with van der Waals surface area (Å²) in [6.07, 6.45) is 7.41. The predicted molar refractivity (Wildman–Crippen MR) is 197 cm³/mol. The zero-order valence-corrected chi connectivity index (χ0v) is 26.5. The molecule has 0 radical (unpaired) electrons. The summed E-state index contributed by atoms with van der Waals surface area (Å²) in [4.78, 5) is 15.5. The van der Waals surface area contributed by atoms with E-state index in [1.54, 1.807) is 0 Å². The van der Waals surface area contributed by atoms with E-state index in [1.165, 1.54) is 0 Å². The van der Waals surface area contributed by atoms with Crippen LogP contribution in [0.15, 0.2) is 156 Å². The van der Waals surface area contributed by atoms with Crippen LogP contribution in [0.5, 0.6) is 0 Å². The molecule has 9 rings (SSSR count). The first-order valence-corrected chi connectivity index (χ1v) is 16.4. The Labute approximate surface area is 278 Å². The summed E-state index contributed by atoms with van der Waals surface area (Å²) >= 11 is 0. The topological polar surface area (TPSA) is 51.8 Å². The lowest BCUT2D eigenvalue weighted by molar-refractivity contribution is 0.669. The normalized spacial score (nSPS) is 14.5. The molecule has 0 saturated carbocycles. The van der Waals surface area contributed by atoms with Crippen LogP contribution in [0.25, 0.3) is 83.3 Å². The summed E-state index contributed by atoms with van der Waals surface area (Å²) in [6.45, 7) is 2.23. The first-order valence-electron chi connectivity index (χ1n) is 16.4. The molecule has 0 spiro atoms. The lowest BCUT2D eigenvalue weighted by Gasteiger charge is -2.18. The van der Waals surface area contributed by atoms with Crippen molar-refractivity contribution in [3.63, 3.8) is 0 Å². The van der Waals surface area contributed by atoms with Crippen LogP contribution in [0.1, 0.15) is 19.2 Å². The summed E-state index contributed by atoms with van der Waals surface area (Å²) in [6, 6.07) is 46.5. The number of hydrogen-bond acceptors (Lipinski definition) is 4. The van der Waals surface area contributed by atoms with Crippen molar-refractivity contribution < 1.29 is 4.42 Å². The fourth-order valence-electron chi connectivity index (χ4n) is 6.93. The molecule has 2 aromatic heterocycles. The zero-order chi connectivity index (χ0) is 32.0. The van der Waals surface area contributed by atoms with Crippen molar-refractivity contribution in [2.24, 2.45) is 5.92 Å². The molecule has 0 saturated heterocycles. The van der Waals surface area contributed by atoms with Gasteiger partial charge in [-0.05, 0) is 75.7 Å². The monoisotopic (exact) mass is 617 g/mol. The van der Waals surface area contributed by atoms with Crippen LogP contribution in [-0.4, -0.2) is 15.0 Å². The molecule has 4 heteroatoms. The molecule has 0 aliphatic heterocycles. The minimum atomic E-state index is 0.299. The van der Waals surface area contributed by atoms with E-state index in [4.69, 9.17) is 19.4 Å². The number of rotatable bonds is 5. The molecular formula is C44H31N3O. The Kier molecular flexibility index (Phi) is 6.79. The molecule has 1 atom stereocenters. The number of furan rings is 1. The van der Waals surface area contributed by atoms with Crippen LogP contribution in [0.4, 0.5) is 0 Å². The van der Waals surface area contributed by atoms with Crippen molar-refractivity contribution >= 4 is 38.3 Å². The third-order valence-electron chi connectivity index (χ3n) is 9.37. The maximum Gasteiger partial charge on any atom is 0.164 e. The van der Waals surface area contributed by atoms with Crippen LogP contribution in [-0.2, 0) is 0 Å². The summed E-state index contributed by atoms with van der Waals surface area (Å²) < 4.78 is 6.30. The Morgan fingerprint density at radius 2 is 1.23 bits per heavy atom. The molecular weight excluding hydrogens is 587 g/mol. The van der Waals surface area contributed by atoms with Gasteiger partial charge >= 0.3 is 0 Å². The fourth-order valence-corrected chi connectivity index (χ4v) is 6.93. The van der Waals surface area contributed by atoms with Gasteiger partial charge in [0.05, 0.1) is 0 Å². The fraction of sp³-hybridized carbons (Fsp3) is 0.0682. The van der Waals surface area contributed by atoms with E-state index in [2.05, 4.69) is 134 Å². The van der Waals surface area contributed by atoms with Crippen LogP contribution in [0.3, 0.4) is 0 Å². The Morgan fingerprint density at radius 1 is 0.542 bits per heavy atom. The molecule has 48 heavy (non-hydrogen) atoms. The van der Waals surface area contributed by atoms with Crippen molar-refractivity contribution in [1.82, 2.24) is 15.0 Å². The van der Waals surface area contributed by atoms with E-state index in [-0.39, 0.29) is 0 Å². The third-order valence-corrected chi connectivity index (χ3v) is 9.37. The van der Waals surface area contributed by atoms with Gasteiger partial charge in [0.15, 0.2) is 17.5 Å². The average Bonchev–Trinajstić information content (AvgIpc) is 3.54. The molecule has 0 amide bonds. The summed E-state index contributed by atoms with van der Waals surface area (Å²) in [7, 11) is 0. The van der Waals surface area contributed by atoms with Crippen LogP contribution >= 0.6 is 0 Å². The van der Waals surface area contributed by atoms with Gasteiger partial charge in [-0.15, -0.1) is 0 Å². The Balaban J connectivity index is 1.28. The minimum absolute atomic E-state index is 0.299. The molecule has 4 nitrogen and oxygen atoms in total. The van der Waals surface area contributed by atoms with Gasteiger partial charge in [0.1, 0.15) is 11.2 Å². The number of fused-ring (bicyclic) bond motifs is 4. The largest absolute Gasteiger partial charge is 0.456 e. The van der Waals surface area contributed by atoms with Gasteiger partial charge in [-0.3, -0.25) is 0 Å². The molecule has 1 unspecified atom stereocenters. The lowest BCUT2D eigenvalue weighted by atomic mass is 9.92. The van der Waals surface area contributed by atoms with E-state index in [0.29, 0.717) is 17.6 Å². The maximum absolute atomic E-state index is 6.30. The summed E-state index contributed by atoms with van der Waals surface area (Å²) in [5.74, 6) is 2.33. The highest BCUT2D eigenvalue weighted by Crippen LogP contribution is 2.41. The van der Waals surface area contributed by atoms with Crippen LogP contribution < -0.4 is 0 Å². The Morgan fingerprint density at radius 3 is 2.10 bits per heavy atom. The van der Waals surface area contributed by atoms with E-state index in [0.717, 1.165) is 83.9 Å². The zero-order valence-electron chi connectivity index (χ0n) is 26.5. The standard InChI is InChI=1S/C44H31N3O/c1-28-13-5-7-19-34(28)44-46-42(32-18-11-17-30(25-32)29-14-3-2-4-15-29)45-43(47-44)33-26-31-16-6-8-20-35(31)38(27-33)36-22-12-24-40-41(36)37-21-9-10-23-39(37)48-40/h2-12,14-28H,13H2,1H3. The molecule has 1 aliphatic rings. The molecule has 0 fully saturated rings. The van der Waals surface area contributed by atoms with E-state index < -0.39 is 0 Å². The SMILES string of the molecule is CC1CC=CC=C1c1nc(-c2cccc(-c3ccccc3)c2)nc(-c2cc(-c3cccc4oc5ccccc5c34)c3ccccc3c2)n1. The smallest absolute Gasteiger partial charge is 0.164 e. The van der Waals surface area contributed by atoms with Gasteiger partial charge in [0.25, 0.3) is 0 Å². The maximum atomic E-state index is 6.30. The van der Waals surface area contributed by atoms with Crippen LogP contribution in [0.2, 0.25) is 0 Å². The Hall–Kier alpha value is -6.13. The first kappa shape index (κ1) is 28.1. The molecule has 2 heterocycles. The average molecular weight is 618 g/mol. The van der Waals surface area contributed by atoms with Gasteiger partial charge in [0, 0.05) is 27.5 Å². The van der Waals surface area contributed by atoms with Gasteiger partial charge < -0.3 is 4.42 Å². The summed E-state index contributed by atoms with van der Waals surface area (Å²) in [5, 5.41) is 4.50. The third kappa shape index (κ3) is 4.90. The number of aromatic nitrogens is 3. The Bertz CT molecular complexity index is 2560. The number of para-hydroxylation sites is 1. The number of nitrogens with zero attached hydrogens (tertiary/aromatic N) is 3. The minimum Gasteiger partial charge on any atom is -0.456 e. The van der Waals surface area contributed by atoms with E-state index >= 15 is 0 Å². The van der Waals surface area contributed by atoms with E-state index in [9.17, 15) is 0 Å². The summed E-state index contributed by atoms with van der Waals surface area (Å²) in [5.41, 5.74) is 9.29. The van der Waals surface area contributed by atoms with Crippen molar-refractivity contribution in [3.8, 4) is 45.0 Å². The highest BCUT2D eigenvalue weighted by atomic mass is 16.3. The van der Waals surface area contributed by atoms with Gasteiger partial charge in [0.2, 0.25) is 0 Å². The quantitative estimate of drug-likeness (QED) is 0.193. The van der Waals surface area contributed by atoms with Gasteiger partial charge in [-0.2, -0.15) is 0 Å². The van der Waals surface area contributed by atoms with Crippen molar-refractivity contribution in [2.75, 3.05) is 0 Å².